The molecule has 0 heterocycles. The molecule has 0 aromatic heterocycles. The first kappa shape index (κ1) is 12.1. The quantitative estimate of drug-likeness (QED) is 0.871. The van der Waals surface area contributed by atoms with Gasteiger partial charge in [-0.2, -0.15) is 0 Å². The molecule has 0 unspecified atom stereocenters. The van der Waals surface area contributed by atoms with Crippen molar-refractivity contribution >= 4 is 5.91 Å². The van der Waals surface area contributed by atoms with Gasteiger partial charge in [0.2, 0.25) is 5.91 Å². The summed E-state index contributed by atoms with van der Waals surface area (Å²) in [5.74, 6) is 0.125. The first-order valence-corrected chi connectivity index (χ1v) is 6.14. The number of carbonyl (C=O) groups is 1. The van der Waals surface area contributed by atoms with Gasteiger partial charge in [-0.3, -0.25) is 4.79 Å². The number of rotatable bonds is 3. The van der Waals surface area contributed by atoms with Crippen LogP contribution in [0.1, 0.15) is 47.5 Å². The number of hydrogen-bond donors (Lipinski definition) is 1. The highest BCUT2D eigenvalue weighted by Crippen LogP contribution is 2.35. The van der Waals surface area contributed by atoms with E-state index < -0.39 is 0 Å². The Morgan fingerprint density at radius 1 is 1.24 bits per heavy atom. The molecule has 2 rings (SSSR count). The molecule has 1 aromatic rings. The van der Waals surface area contributed by atoms with E-state index in [0.717, 1.165) is 31.2 Å². The highest BCUT2D eigenvalue weighted by Gasteiger charge is 2.24. The molecule has 1 amide bonds. The maximum atomic E-state index is 11.4. The van der Waals surface area contributed by atoms with Gasteiger partial charge < -0.3 is 10.5 Å². The number of amides is 1. The molecule has 0 atom stereocenters. The van der Waals surface area contributed by atoms with E-state index in [1.807, 2.05) is 24.3 Å². The Morgan fingerprint density at radius 3 is 2.47 bits per heavy atom. The van der Waals surface area contributed by atoms with Gasteiger partial charge in [0.25, 0.3) is 0 Å². The van der Waals surface area contributed by atoms with Gasteiger partial charge in [-0.05, 0) is 43.2 Å². The third kappa shape index (κ3) is 2.67. The molecular weight excluding hydrogens is 214 g/mol. The first-order valence-electron chi connectivity index (χ1n) is 6.14. The Balaban J connectivity index is 2.15. The van der Waals surface area contributed by atoms with Gasteiger partial charge in [0.05, 0.1) is 6.10 Å². The van der Waals surface area contributed by atoms with Gasteiger partial charge in [-0.15, -0.1) is 0 Å². The molecule has 3 heteroatoms. The lowest BCUT2D eigenvalue weighted by molar-refractivity contribution is 0.0657. The number of ether oxygens (including phenoxy) is 1. The van der Waals surface area contributed by atoms with Crippen molar-refractivity contribution in [3.63, 3.8) is 0 Å². The molecule has 0 saturated heterocycles. The van der Waals surface area contributed by atoms with E-state index >= 15 is 0 Å². The van der Waals surface area contributed by atoms with Gasteiger partial charge in [0.1, 0.15) is 0 Å². The predicted octanol–water partition coefficient (Wildman–Crippen LogP) is 2.46. The molecule has 1 aromatic carbocycles. The van der Waals surface area contributed by atoms with Gasteiger partial charge in [-0.1, -0.05) is 18.2 Å². The molecule has 3 nitrogen and oxygen atoms in total. The zero-order valence-corrected chi connectivity index (χ0v) is 10.2. The number of hydrogen-bond acceptors (Lipinski definition) is 2. The van der Waals surface area contributed by atoms with Crippen LogP contribution < -0.4 is 5.73 Å². The average Bonchev–Trinajstić information content (AvgIpc) is 2.39. The maximum Gasteiger partial charge on any atom is 0.248 e. The Morgan fingerprint density at radius 2 is 1.88 bits per heavy atom. The summed E-state index contributed by atoms with van der Waals surface area (Å²) in [6.45, 7) is 0. The van der Waals surface area contributed by atoms with Gasteiger partial charge in [-0.25, -0.2) is 0 Å². The smallest absolute Gasteiger partial charge is 0.248 e. The Hall–Kier alpha value is -1.35. The minimum absolute atomic E-state index is 0.325. The Kier molecular flexibility index (Phi) is 3.79. The molecule has 1 aliphatic rings. The third-order valence-electron chi connectivity index (χ3n) is 3.67. The Labute approximate surface area is 102 Å². The summed E-state index contributed by atoms with van der Waals surface area (Å²) in [5.41, 5.74) is 7.19. The zero-order chi connectivity index (χ0) is 12.3. The molecule has 2 N–H and O–H groups in total. The predicted molar refractivity (Wildman–Crippen MR) is 67.0 cm³/mol. The number of methoxy groups -OCH3 is 1. The number of benzene rings is 1. The van der Waals surface area contributed by atoms with E-state index in [-0.39, 0.29) is 5.91 Å². The van der Waals surface area contributed by atoms with E-state index in [1.165, 1.54) is 0 Å². The number of primary amides is 1. The van der Waals surface area contributed by atoms with E-state index in [0.29, 0.717) is 17.6 Å². The second-order valence-corrected chi connectivity index (χ2v) is 4.66. The number of carbonyl (C=O) groups excluding carboxylic acids is 1. The van der Waals surface area contributed by atoms with Crippen LogP contribution in [0.15, 0.2) is 24.3 Å². The topological polar surface area (TPSA) is 52.3 Å². The highest BCUT2D eigenvalue weighted by molar-refractivity contribution is 5.94. The van der Waals surface area contributed by atoms with Crippen LogP contribution in [0.25, 0.3) is 0 Å². The van der Waals surface area contributed by atoms with Crippen LogP contribution in [0, 0.1) is 0 Å². The lowest BCUT2D eigenvalue weighted by Gasteiger charge is -2.28. The standard InChI is InChI=1S/C14H19NO2/c1-17-11-8-6-10(7-9-11)12-4-2-3-5-13(12)14(15)16/h2-5,10-11H,6-9H2,1H3,(H2,15,16)/t10-,11-. The van der Waals surface area contributed by atoms with Crippen molar-refractivity contribution in [3.05, 3.63) is 35.4 Å². The van der Waals surface area contributed by atoms with Crippen molar-refractivity contribution in [1.82, 2.24) is 0 Å². The fourth-order valence-corrected chi connectivity index (χ4v) is 2.69. The van der Waals surface area contributed by atoms with Crippen molar-refractivity contribution in [2.24, 2.45) is 5.73 Å². The van der Waals surface area contributed by atoms with Crippen LogP contribution in [0.3, 0.4) is 0 Å². The van der Waals surface area contributed by atoms with Gasteiger partial charge in [0, 0.05) is 12.7 Å². The molecule has 1 fully saturated rings. The van der Waals surface area contributed by atoms with Crippen LogP contribution >= 0.6 is 0 Å². The monoisotopic (exact) mass is 233 g/mol. The van der Waals surface area contributed by atoms with Crippen LogP contribution in [-0.2, 0) is 4.74 Å². The van der Waals surface area contributed by atoms with Crippen LogP contribution in [0.5, 0.6) is 0 Å². The second kappa shape index (κ2) is 5.32. The minimum Gasteiger partial charge on any atom is -0.381 e. The largest absolute Gasteiger partial charge is 0.381 e. The lowest BCUT2D eigenvalue weighted by atomic mass is 9.81. The average molecular weight is 233 g/mol. The summed E-state index contributed by atoms with van der Waals surface area (Å²) in [4.78, 5) is 11.4. The van der Waals surface area contributed by atoms with Crippen molar-refractivity contribution in [2.45, 2.75) is 37.7 Å². The minimum atomic E-state index is -0.325. The molecule has 1 aliphatic carbocycles. The number of nitrogens with two attached hydrogens (primary N) is 1. The molecule has 0 spiro atoms. The lowest BCUT2D eigenvalue weighted by Crippen LogP contribution is -2.22. The van der Waals surface area contributed by atoms with Crippen molar-refractivity contribution in [2.75, 3.05) is 7.11 Å². The fraction of sp³-hybridized carbons (Fsp3) is 0.500. The van der Waals surface area contributed by atoms with E-state index in [1.54, 1.807) is 7.11 Å². The summed E-state index contributed by atoms with van der Waals surface area (Å²) < 4.78 is 5.36. The molecule has 0 aliphatic heterocycles. The maximum absolute atomic E-state index is 11.4. The summed E-state index contributed by atoms with van der Waals surface area (Å²) >= 11 is 0. The zero-order valence-electron chi connectivity index (χ0n) is 10.2. The van der Waals surface area contributed by atoms with Crippen molar-refractivity contribution < 1.29 is 9.53 Å². The fourth-order valence-electron chi connectivity index (χ4n) is 2.69. The second-order valence-electron chi connectivity index (χ2n) is 4.66. The van der Waals surface area contributed by atoms with Crippen LogP contribution in [0.4, 0.5) is 0 Å². The van der Waals surface area contributed by atoms with Crippen LogP contribution in [0.2, 0.25) is 0 Å². The molecular formula is C14H19NO2. The molecule has 0 radical (unpaired) electrons. The van der Waals surface area contributed by atoms with Crippen LogP contribution in [-0.4, -0.2) is 19.1 Å². The Bertz CT molecular complexity index is 395. The van der Waals surface area contributed by atoms with E-state index in [2.05, 4.69) is 0 Å². The molecule has 1 saturated carbocycles. The summed E-state index contributed by atoms with van der Waals surface area (Å²) in [6.07, 6.45) is 4.65. The van der Waals surface area contributed by atoms with Gasteiger partial charge in [0.15, 0.2) is 0 Å². The summed E-state index contributed by atoms with van der Waals surface area (Å²) in [5, 5.41) is 0. The van der Waals surface area contributed by atoms with E-state index in [4.69, 9.17) is 10.5 Å². The summed E-state index contributed by atoms with van der Waals surface area (Å²) in [6, 6.07) is 7.69. The molecule has 92 valence electrons. The molecule has 0 bridgehead atoms. The third-order valence-corrected chi connectivity index (χ3v) is 3.67. The van der Waals surface area contributed by atoms with E-state index in [9.17, 15) is 4.79 Å². The van der Waals surface area contributed by atoms with Crippen molar-refractivity contribution in [3.8, 4) is 0 Å². The summed E-state index contributed by atoms with van der Waals surface area (Å²) in [7, 11) is 1.77. The highest BCUT2D eigenvalue weighted by atomic mass is 16.5. The SMILES string of the molecule is CO[C@H]1CC[C@H](c2ccccc2C(N)=O)CC1. The first-order chi connectivity index (χ1) is 8.22. The normalized spacial score (nSPS) is 24.5. The van der Waals surface area contributed by atoms with Crippen molar-refractivity contribution in [1.29, 1.82) is 0 Å². The van der Waals surface area contributed by atoms with Gasteiger partial charge >= 0.3 is 0 Å². The molecule has 17 heavy (non-hydrogen) atoms.